The zero-order valence-electron chi connectivity index (χ0n) is 10.3. The van der Waals surface area contributed by atoms with Crippen LogP contribution in [0.2, 0.25) is 0 Å². The van der Waals surface area contributed by atoms with Gasteiger partial charge in [-0.3, -0.25) is 4.79 Å². The smallest absolute Gasteiger partial charge is 0.309 e. The molecule has 7 nitrogen and oxygen atoms in total. The molecule has 0 aliphatic heterocycles. The van der Waals surface area contributed by atoms with Crippen LogP contribution in [0.25, 0.3) is 0 Å². The number of carboxylic acids is 1. The lowest BCUT2D eigenvalue weighted by Gasteiger charge is -2.05. The molecule has 0 unspecified atom stereocenters. The van der Waals surface area contributed by atoms with E-state index in [-0.39, 0.29) is 13.0 Å². The first kappa shape index (κ1) is 14.1. The van der Waals surface area contributed by atoms with E-state index in [0.717, 1.165) is 12.8 Å². The number of nitriles is 1. The van der Waals surface area contributed by atoms with E-state index in [9.17, 15) is 4.79 Å². The molecule has 0 bridgehead atoms. The highest BCUT2D eigenvalue weighted by atomic mass is 16.5. The molecule has 0 aromatic carbocycles. The van der Waals surface area contributed by atoms with Gasteiger partial charge in [-0.2, -0.15) is 5.26 Å². The van der Waals surface area contributed by atoms with Crippen molar-refractivity contribution in [2.75, 3.05) is 7.11 Å². The van der Waals surface area contributed by atoms with Crippen molar-refractivity contribution in [2.24, 2.45) is 0 Å². The van der Waals surface area contributed by atoms with Crippen LogP contribution in [0.1, 0.15) is 30.7 Å². The topological polar surface area (TPSA) is 101 Å². The molecule has 1 aromatic rings. The predicted molar refractivity (Wildman–Crippen MR) is 61.5 cm³/mol. The Morgan fingerprint density at radius 2 is 2.33 bits per heavy atom. The van der Waals surface area contributed by atoms with Crippen LogP contribution in [-0.2, 0) is 29.1 Å². The fourth-order valence-electron chi connectivity index (χ4n) is 1.59. The fraction of sp³-hybridized carbons (Fsp3) is 0.636. The van der Waals surface area contributed by atoms with Gasteiger partial charge in [-0.1, -0.05) is 5.21 Å². The number of carbonyl (C=O) groups is 1. The molecule has 0 saturated carbocycles. The Bertz CT molecular complexity index is 436. The first-order valence-corrected chi connectivity index (χ1v) is 5.68. The Kier molecular flexibility index (Phi) is 5.80. The second-order valence-electron chi connectivity index (χ2n) is 3.82. The quantitative estimate of drug-likeness (QED) is 0.685. The standard InChI is InChI=1S/C11H16N4O3/c1-18-8-10-9(7-11(16)17)13-14-15(10)6-4-2-3-5-12/h2-4,6-8H2,1H3,(H,16,17). The van der Waals surface area contributed by atoms with Crippen LogP contribution < -0.4 is 0 Å². The van der Waals surface area contributed by atoms with Gasteiger partial charge in [-0.05, 0) is 12.8 Å². The monoisotopic (exact) mass is 252 g/mol. The number of nitrogens with zero attached hydrogens (tertiary/aromatic N) is 4. The molecule has 0 spiro atoms. The number of unbranched alkanes of at least 4 members (excludes halogenated alkanes) is 2. The van der Waals surface area contributed by atoms with Gasteiger partial charge < -0.3 is 9.84 Å². The molecule has 0 saturated heterocycles. The summed E-state index contributed by atoms with van der Waals surface area (Å²) < 4.78 is 6.68. The van der Waals surface area contributed by atoms with Gasteiger partial charge in [-0.15, -0.1) is 5.10 Å². The third kappa shape index (κ3) is 4.14. The molecule has 0 aliphatic rings. The highest BCUT2D eigenvalue weighted by molar-refractivity contribution is 5.69. The summed E-state index contributed by atoms with van der Waals surface area (Å²) in [6.45, 7) is 0.904. The molecule has 1 N–H and O–H groups in total. The molecular weight excluding hydrogens is 236 g/mol. The average Bonchev–Trinajstić information content (AvgIpc) is 2.68. The summed E-state index contributed by atoms with van der Waals surface area (Å²) in [6.07, 6.45) is 1.95. The van der Waals surface area contributed by atoms with Crippen molar-refractivity contribution < 1.29 is 14.6 Å². The molecule has 1 aromatic heterocycles. The van der Waals surface area contributed by atoms with E-state index < -0.39 is 5.97 Å². The van der Waals surface area contributed by atoms with E-state index in [0.29, 0.717) is 24.4 Å². The number of hydrogen-bond donors (Lipinski definition) is 1. The predicted octanol–water partition coefficient (Wildman–Crippen LogP) is 0.745. The minimum absolute atomic E-state index is 0.156. The van der Waals surface area contributed by atoms with Crippen molar-refractivity contribution in [3.8, 4) is 6.07 Å². The van der Waals surface area contributed by atoms with E-state index in [1.165, 1.54) is 7.11 Å². The largest absolute Gasteiger partial charge is 0.481 e. The summed E-state index contributed by atoms with van der Waals surface area (Å²) in [6, 6.07) is 2.08. The SMILES string of the molecule is COCc1c(CC(=O)O)nnn1CCCCC#N. The molecule has 18 heavy (non-hydrogen) atoms. The maximum absolute atomic E-state index is 10.7. The number of hydrogen-bond acceptors (Lipinski definition) is 5. The van der Waals surface area contributed by atoms with Crippen molar-refractivity contribution in [3.63, 3.8) is 0 Å². The number of methoxy groups -OCH3 is 1. The number of aliphatic carboxylic acids is 1. The van der Waals surface area contributed by atoms with Crippen LogP contribution in [0, 0.1) is 11.3 Å². The highest BCUT2D eigenvalue weighted by Crippen LogP contribution is 2.09. The summed E-state index contributed by atoms with van der Waals surface area (Å²) in [5, 5.41) is 25.0. The zero-order valence-corrected chi connectivity index (χ0v) is 10.3. The van der Waals surface area contributed by atoms with Crippen LogP contribution in [0.3, 0.4) is 0 Å². The summed E-state index contributed by atoms with van der Waals surface area (Å²) in [5.41, 5.74) is 1.13. The lowest BCUT2D eigenvalue weighted by Crippen LogP contribution is -2.09. The molecule has 7 heteroatoms. The van der Waals surface area contributed by atoms with Crippen molar-refractivity contribution in [2.45, 2.75) is 38.8 Å². The van der Waals surface area contributed by atoms with E-state index in [2.05, 4.69) is 16.4 Å². The van der Waals surface area contributed by atoms with Gasteiger partial charge in [0.05, 0.1) is 30.5 Å². The zero-order chi connectivity index (χ0) is 13.4. The number of aromatic nitrogens is 3. The van der Waals surface area contributed by atoms with Gasteiger partial charge in [0.1, 0.15) is 0 Å². The highest BCUT2D eigenvalue weighted by Gasteiger charge is 2.15. The summed E-state index contributed by atoms with van der Waals surface area (Å²) in [4.78, 5) is 10.7. The molecular formula is C11H16N4O3. The summed E-state index contributed by atoms with van der Waals surface area (Å²) >= 11 is 0. The molecule has 0 amide bonds. The fourth-order valence-corrected chi connectivity index (χ4v) is 1.59. The third-order valence-electron chi connectivity index (χ3n) is 2.43. The summed E-state index contributed by atoms with van der Waals surface area (Å²) in [7, 11) is 1.54. The van der Waals surface area contributed by atoms with E-state index in [4.69, 9.17) is 15.1 Å². The molecule has 0 atom stereocenters. The Labute approximate surface area is 105 Å². The van der Waals surface area contributed by atoms with Crippen LogP contribution in [0.15, 0.2) is 0 Å². The Balaban J connectivity index is 2.68. The second kappa shape index (κ2) is 7.40. The molecule has 0 fully saturated rings. The maximum Gasteiger partial charge on any atom is 0.309 e. The minimum Gasteiger partial charge on any atom is -0.481 e. The molecule has 1 rings (SSSR count). The summed E-state index contributed by atoms with van der Waals surface area (Å²) in [5.74, 6) is -0.941. The van der Waals surface area contributed by atoms with Gasteiger partial charge in [0.15, 0.2) is 0 Å². The van der Waals surface area contributed by atoms with E-state index >= 15 is 0 Å². The van der Waals surface area contributed by atoms with Crippen molar-refractivity contribution >= 4 is 5.97 Å². The first-order valence-electron chi connectivity index (χ1n) is 5.68. The Morgan fingerprint density at radius 3 is 2.94 bits per heavy atom. The van der Waals surface area contributed by atoms with E-state index in [1.807, 2.05) is 0 Å². The number of carboxylic acid groups (broad SMARTS) is 1. The van der Waals surface area contributed by atoms with Gasteiger partial charge >= 0.3 is 5.97 Å². The van der Waals surface area contributed by atoms with Gasteiger partial charge in [0, 0.05) is 20.1 Å². The average molecular weight is 252 g/mol. The van der Waals surface area contributed by atoms with Crippen LogP contribution >= 0.6 is 0 Å². The maximum atomic E-state index is 10.7. The number of aryl methyl sites for hydroxylation is 1. The Hall–Kier alpha value is -1.94. The lowest BCUT2D eigenvalue weighted by atomic mass is 10.2. The third-order valence-corrected chi connectivity index (χ3v) is 2.43. The van der Waals surface area contributed by atoms with Crippen LogP contribution in [0.5, 0.6) is 0 Å². The van der Waals surface area contributed by atoms with Crippen LogP contribution in [-0.4, -0.2) is 33.2 Å². The molecule has 0 radical (unpaired) electrons. The van der Waals surface area contributed by atoms with Crippen molar-refractivity contribution in [1.82, 2.24) is 15.0 Å². The van der Waals surface area contributed by atoms with Crippen LogP contribution in [0.4, 0.5) is 0 Å². The van der Waals surface area contributed by atoms with Crippen molar-refractivity contribution in [3.05, 3.63) is 11.4 Å². The number of ether oxygens (including phenoxy) is 1. The lowest BCUT2D eigenvalue weighted by molar-refractivity contribution is -0.136. The van der Waals surface area contributed by atoms with Crippen molar-refractivity contribution in [1.29, 1.82) is 5.26 Å². The number of rotatable bonds is 8. The minimum atomic E-state index is -0.941. The Morgan fingerprint density at radius 1 is 1.56 bits per heavy atom. The normalized spacial score (nSPS) is 10.2. The first-order chi connectivity index (χ1) is 8.69. The molecule has 98 valence electrons. The van der Waals surface area contributed by atoms with E-state index in [1.54, 1.807) is 4.68 Å². The van der Waals surface area contributed by atoms with Gasteiger partial charge in [0.25, 0.3) is 0 Å². The van der Waals surface area contributed by atoms with Gasteiger partial charge in [0.2, 0.25) is 0 Å². The second-order valence-corrected chi connectivity index (χ2v) is 3.82. The molecule has 1 heterocycles. The molecule has 0 aliphatic carbocycles. The van der Waals surface area contributed by atoms with Gasteiger partial charge in [-0.25, -0.2) is 4.68 Å².